The number of nitrogens with one attached hydrogen (secondary N) is 1. The van der Waals surface area contributed by atoms with Crippen LogP contribution in [0.5, 0.6) is 0 Å². The number of likely N-dealkylation sites (tertiary alicyclic amines) is 1. The van der Waals surface area contributed by atoms with E-state index in [4.69, 9.17) is 0 Å². The van der Waals surface area contributed by atoms with E-state index in [2.05, 4.69) is 36.0 Å². The number of carbonyl (C=O) groups is 1. The first-order valence-electron chi connectivity index (χ1n) is 8.27. The maximum absolute atomic E-state index is 12.7. The lowest BCUT2D eigenvalue weighted by Crippen LogP contribution is -2.44. The van der Waals surface area contributed by atoms with E-state index in [1.165, 1.54) is 19.4 Å². The number of hydrogen-bond acceptors (Lipinski definition) is 3. The Morgan fingerprint density at radius 1 is 1.40 bits per heavy atom. The van der Waals surface area contributed by atoms with E-state index in [0.29, 0.717) is 17.7 Å². The van der Waals surface area contributed by atoms with Gasteiger partial charge in [-0.1, -0.05) is 13.8 Å². The summed E-state index contributed by atoms with van der Waals surface area (Å²) >= 11 is 0. The van der Waals surface area contributed by atoms with E-state index in [1.54, 1.807) is 0 Å². The smallest absolute Gasteiger partial charge is 0.244 e. The van der Waals surface area contributed by atoms with E-state index in [1.807, 2.05) is 0 Å². The van der Waals surface area contributed by atoms with Crippen molar-refractivity contribution in [3.63, 3.8) is 0 Å². The largest absolute Gasteiger partial charge is 0.325 e. The molecule has 2 aliphatic heterocycles. The van der Waals surface area contributed by atoms with E-state index >= 15 is 0 Å². The Balaban J connectivity index is 1.66. The van der Waals surface area contributed by atoms with Gasteiger partial charge in [0.15, 0.2) is 0 Å². The molecule has 0 radical (unpaired) electrons. The highest BCUT2D eigenvalue weighted by molar-refractivity contribution is 5.91. The quantitative estimate of drug-likeness (QED) is 0.850. The molecule has 1 saturated carbocycles. The van der Waals surface area contributed by atoms with Crippen molar-refractivity contribution in [3.05, 3.63) is 0 Å². The van der Waals surface area contributed by atoms with Gasteiger partial charge < -0.3 is 9.80 Å². The third-order valence-electron chi connectivity index (χ3n) is 5.11. The lowest BCUT2D eigenvalue weighted by Gasteiger charge is -2.34. The molecule has 0 bridgehead atoms. The first kappa shape index (κ1) is 14.3. The number of amides is 1. The molecule has 3 fully saturated rings. The predicted molar refractivity (Wildman–Crippen MR) is 80.3 cm³/mol. The van der Waals surface area contributed by atoms with Gasteiger partial charge in [0, 0.05) is 13.1 Å². The first-order valence-corrected chi connectivity index (χ1v) is 8.27. The summed E-state index contributed by atoms with van der Waals surface area (Å²) in [4.78, 5) is 17.3. The van der Waals surface area contributed by atoms with Crippen LogP contribution < -0.4 is 5.32 Å². The predicted octanol–water partition coefficient (Wildman–Crippen LogP) is 1.66. The van der Waals surface area contributed by atoms with Gasteiger partial charge in [-0.05, 0) is 57.5 Å². The van der Waals surface area contributed by atoms with Gasteiger partial charge in [-0.2, -0.15) is 0 Å². The molecule has 0 aromatic rings. The molecule has 0 aromatic heterocycles. The van der Waals surface area contributed by atoms with Crippen LogP contribution in [0.1, 0.15) is 46.0 Å². The highest BCUT2D eigenvalue weighted by atomic mass is 16.2. The molecule has 3 rings (SSSR count). The molecule has 2 unspecified atom stereocenters. The van der Waals surface area contributed by atoms with Crippen LogP contribution in [0.3, 0.4) is 0 Å². The summed E-state index contributed by atoms with van der Waals surface area (Å²) < 4.78 is 0. The zero-order chi connectivity index (χ0) is 14.3. The summed E-state index contributed by atoms with van der Waals surface area (Å²) in [6.45, 7) is 7.80. The second kappa shape index (κ2) is 5.30. The van der Waals surface area contributed by atoms with Crippen molar-refractivity contribution in [1.29, 1.82) is 0 Å². The highest BCUT2D eigenvalue weighted by Crippen LogP contribution is 2.43. The summed E-state index contributed by atoms with van der Waals surface area (Å²) in [5.74, 6) is 1.67. The number of nitrogens with zero attached hydrogens (tertiary/aromatic N) is 2. The average molecular weight is 279 g/mol. The second-order valence-corrected chi connectivity index (χ2v) is 7.60. The van der Waals surface area contributed by atoms with Crippen molar-refractivity contribution in [2.24, 2.45) is 11.8 Å². The summed E-state index contributed by atoms with van der Waals surface area (Å²) in [5, 5.41) is 3.64. The SMILES string of the molecule is CC(C)CC1NC2(CC2)C(=O)N1CC1CCCN(C)C1. The summed E-state index contributed by atoms with van der Waals surface area (Å²) in [6.07, 6.45) is 5.99. The second-order valence-electron chi connectivity index (χ2n) is 7.60. The van der Waals surface area contributed by atoms with Crippen LogP contribution in [0.15, 0.2) is 0 Å². The molecule has 2 saturated heterocycles. The van der Waals surface area contributed by atoms with Crippen LogP contribution in [0.2, 0.25) is 0 Å². The van der Waals surface area contributed by atoms with Gasteiger partial charge >= 0.3 is 0 Å². The lowest BCUT2D eigenvalue weighted by atomic mass is 9.97. The zero-order valence-corrected chi connectivity index (χ0v) is 13.2. The Bertz CT molecular complexity index is 378. The minimum absolute atomic E-state index is 0.153. The fourth-order valence-electron chi connectivity index (χ4n) is 3.90. The monoisotopic (exact) mass is 279 g/mol. The molecule has 2 heterocycles. The fourth-order valence-corrected chi connectivity index (χ4v) is 3.90. The molecule has 114 valence electrons. The van der Waals surface area contributed by atoms with Gasteiger partial charge in [0.2, 0.25) is 5.91 Å². The Morgan fingerprint density at radius 2 is 2.15 bits per heavy atom. The van der Waals surface area contributed by atoms with Crippen molar-refractivity contribution in [3.8, 4) is 0 Å². The van der Waals surface area contributed by atoms with E-state index in [-0.39, 0.29) is 11.7 Å². The summed E-state index contributed by atoms with van der Waals surface area (Å²) in [6, 6.07) is 0. The van der Waals surface area contributed by atoms with Crippen LogP contribution in [0, 0.1) is 11.8 Å². The van der Waals surface area contributed by atoms with Crippen LogP contribution in [0.25, 0.3) is 0 Å². The molecular weight excluding hydrogens is 250 g/mol. The number of rotatable bonds is 4. The topological polar surface area (TPSA) is 35.6 Å². The number of carbonyl (C=O) groups excluding carboxylic acids is 1. The molecule has 0 aromatic carbocycles. The average Bonchev–Trinajstić information content (AvgIpc) is 3.10. The summed E-state index contributed by atoms with van der Waals surface area (Å²) in [5.41, 5.74) is -0.153. The normalized spacial score (nSPS) is 33.4. The molecular formula is C16H29N3O. The molecule has 1 amide bonds. The van der Waals surface area contributed by atoms with Gasteiger partial charge in [-0.25, -0.2) is 0 Å². The van der Waals surface area contributed by atoms with Crippen molar-refractivity contribution in [2.45, 2.75) is 57.7 Å². The molecule has 4 heteroatoms. The molecule has 2 atom stereocenters. The third kappa shape index (κ3) is 2.73. The molecule has 1 N–H and O–H groups in total. The van der Waals surface area contributed by atoms with E-state index < -0.39 is 0 Å². The van der Waals surface area contributed by atoms with Crippen LogP contribution in [0.4, 0.5) is 0 Å². The summed E-state index contributed by atoms with van der Waals surface area (Å²) in [7, 11) is 2.20. The zero-order valence-electron chi connectivity index (χ0n) is 13.2. The first-order chi connectivity index (χ1) is 9.50. The minimum atomic E-state index is -0.153. The van der Waals surface area contributed by atoms with Crippen molar-refractivity contribution in [1.82, 2.24) is 15.1 Å². The third-order valence-corrected chi connectivity index (χ3v) is 5.11. The van der Waals surface area contributed by atoms with Gasteiger partial charge in [-0.15, -0.1) is 0 Å². The molecule has 4 nitrogen and oxygen atoms in total. The standard InChI is InChI=1S/C16H29N3O/c1-12(2)9-14-17-16(6-7-16)15(20)19(14)11-13-5-4-8-18(3)10-13/h12-14,17H,4-11H2,1-3H3. The Morgan fingerprint density at radius 3 is 2.75 bits per heavy atom. The molecule has 20 heavy (non-hydrogen) atoms. The van der Waals surface area contributed by atoms with Gasteiger partial charge in [-0.3, -0.25) is 10.1 Å². The molecule has 3 aliphatic rings. The Hall–Kier alpha value is -0.610. The Kier molecular flexibility index (Phi) is 3.80. The number of piperidine rings is 1. The van der Waals surface area contributed by atoms with Gasteiger partial charge in [0.25, 0.3) is 0 Å². The Labute approximate surface area is 122 Å². The van der Waals surface area contributed by atoms with Crippen LogP contribution >= 0.6 is 0 Å². The van der Waals surface area contributed by atoms with E-state index in [0.717, 1.165) is 32.4 Å². The fraction of sp³-hybridized carbons (Fsp3) is 0.938. The van der Waals surface area contributed by atoms with Crippen molar-refractivity contribution in [2.75, 3.05) is 26.7 Å². The van der Waals surface area contributed by atoms with E-state index in [9.17, 15) is 4.79 Å². The van der Waals surface area contributed by atoms with Gasteiger partial charge in [0.1, 0.15) is 0 Å². The van der Waals surface area contributed by atoms with Gasteiger partial charge in [0.05, 0.1) is 11.7 Å². The molecule has 1 spiro atoms. The van der Waals surface area contributed by atoms with Crippen molar-refractivity contribution < 1.29 is 4.79 Å². The van der Waals surface area contributed by atoms with Crippen LogP contribution in [-0.4, -0.2) is 54.1 Å². The number of hydrogen-bond donors (Lipinski definition) is 1. The van der Waals surface area contributed by atoms with Crippen LogP contribution in [-0.2, 0) is 4.79 Å². The molecule has 1 aliphatic carbocycles. The van der Waals surface area contributed by atoms with Crippen molar-refractivity contribution >= 4 is 5.91 Å². The minimum Gasteiger partial charge on any atom is -0.325 e. The highest BCUT2D eigenvalue weighted by Gasteiger charge is 2.59. The maximum atomic E-state index is 12.7. The lowest BCUT2D eigenvalue weighted by molar-refractivity contribution is -0.131. The maximum Gasteiger partial charge on any atom is 0.244 e.